The van der Waals surface area contributed by atoms with Crippen LogP contribution in [0.25, 0.3) is 38.8 Å². The predicted molar refractivity (Wildman–Crippen MR) is 253 cm³/mol. The topological polar surface area (TPSA) is 33.5 Å². The molecule has 0 radical (unpaired) electrons. The van der Waals surface area contributed by atoms with Crippen LogP contribution in [0.2, 0.25) is 0 Å². The van der Waals surface area contributed by atoms with E-state index < -0.39 is 0 Å². The number of rotatable bonds is 9. The highest BCUT2D eigenvalue weighted by Gasteiger charge is 2.28. The van der Waals surface area contributed by atoms with Gasteiger partial charge in [0.05, 0.1) is 29.1 Å². The summed E-state index contributed by atoms with van der Waals surface area (Å²) in [6.45, 7) is 19.7. The van der Waals surface area contributed by atoms with Gasteiger partial charge in [0, 0.05) is 41.3 Å². The summed E-state index contributed by atoms with van der Waals surface area (Å²) in [5.74, 6) is 3.08. The fourth-order valence-electron chi connectivity index (χ4n) is 8.72. The summed E-state index contributed by atoms with van der Waals surface area (Å²) in [7, 11) is 0. The lowest BCUT2D eigenvalue weighted by atomic mass is 9.86. The van der Waals surface area contributed by atoms with Gasteiger partial charge in [-0.2, -0.15) is 0 Å². The molecular weight excluding hydrogens is 733 g/mol. The Balaban J connectivity index is 1.05. The Morgan fingerprint density at radius 1 is 0.617 bits per heavy atom. The number of aromatic nitrogens is 2. The maximum atomic E-state index is 6.77. The summed E-state index contributed by atoms with van der Waals surface area (Å²) >= 11 is 0. The van der Waals surface area contributed by atoms with Gasteiger partial charge in [0.25, 0.3) is 0 Å². The van der Waals surface area contributed by atoms with Crippen molar-refractivity contribution in [1.82, 2.24) is 9.55 Å². The molecule has 0 atom stereocenters. The second-order valence-electron chi connectivity index (χ2n) is 19.0. The zero-order valence-corrected chi connectivity index (χ0v) is 36.3. The van der Waals surface area contributed by atoms with Crippen LogP contribution in [0.4, 0.5) is 17.1 Å². The Morgan fingerprint density at radius 2 is 1.30 bits per heavy atom. The summed E-state index contributed by atoms with van der Waals surface area (Å²) in [5.41, 5.74) is 13.5. The lowest BCUT2D eigenvalue weighted by molar-refractivity contribution is 0.483. The van der Waals surface area contributed by atoms with Gasteiger partial charge >= 0.3 is 0 Å². The smallest absolute Gasteiger partial charge is 0.137 e. The zero-order valence-electron chi connectivity index (χ0n) is 36.3. The van der Waals surface area contributed by atoms with E-state index in [0.717, 1.165) is 53.7 Å². The molecule has 6 aromatic carbocycles. The molecule has 5 heteroatoms. The van der Waals surface area contributed by atoms with Crippen LogP contribution in [0.15, 0.2) is 152 Å². The van der Waals surface area contributed by atoms with Crippen molar-refractivity contribution in [3.63, 3.8) is 0 Å². The van der Waals surface area contributed by atoms with E-state index in [9.17, 15) is 0 Å². The molecule has 5 nitrogen and oxygen atoms in total. The molecule has 0 spiro atoms. The van der Waals surface area contributed by atoms with Gasteiger partial charge in [-0.05, 0) is 111 Å². The predicted octanol–water partition coefficient (Wildman–Crippen LogP) is 14.5. The van der Waals surface area contributed by atoms with E-state index in [0.29, 0.717) is 5.92 Å². The second kappa shape index (κ2) is 15.4. The average Bonchev–Trinajstić information content (AvgIpc) is 3.76. The Kier molecular flexibility index (Phi) is 10.0. The third-order valence-electron chi connectivity index (χ3n) is 11.9. The molecule has 302 valence electrons. The number of fused-ring (bicyclic) bond motifs is 4. The Labute approximate surface area is 355 Å². The monoisotopic (exact) mass is 788 g/mol. The third-order valence-corrected chi connectivity index (χ3v) is 11.9. The number of nitrogens with zero attached hydrogens (tertiary/aromatic N) is 4. The average molecular weight is 789 g/mol. The Hall–Kier alpha value is -6.33. The van der Waals surface area contributed by atoms with Gasteiger partial charge < -0.3 is 14.5 Å². The van der Waals surface area contributed by atoms with Crippen molar-refractivity contribution < 1.29 is 4.74 Å². The number of hydrogen-bond donors (Lipinski definition) is 0. The minimum atomic E-state index is -0.0108. The van der Waals surface area contributed by atoms with Gasteiger partial charge in [0.1, 0.15) is 17.3 Å². The summed E-state index contributed by atoms with van der Waals surface area (Å²) in [5, 5.41) is 2.38. The molecule has 0 amide bonds. The van der Waals surface area contributed by atoms with Gasteiger partial charge in [-0.3, -0.25) is 4.57 Å². The van der Waals surface area contributed by atoms with E-state index in [-0.39, 0.29) is 10.8 Å². The van der Waals surface area contributed by atoms with Crippen molar-refractivity contribution >= 4 is 38.9 Å². The minimum Gasteiger partial charge on any atom is -0.457 e. The van der Waals surface area contributed by atoms with Crippen LogP contribution in [-0.2, 0) is 23.8 Å². The first-order valence-corrected chi connectivity index (χ1v) is 21.4. The van der Waals surface area contributed by atoms with Crippen LogP contribution < -0.4 is 14.5 Å². The van der Waals surface area contributed by atoms with E-state index in [1.54, 1.807) is 0 Å². The van der Waals surface area contributed by atoms with Crippen LogP contribution in [0, 0.1) is 5.92 Å². The highest BCUT2D eigenvalue weighted by atomic mass is 16.5. The van der Waals surface area contributed by atoms with Gasteiger partial charge in [-0.25, -0.2) is 4.98 Å². The first-order valence-electron chi connectivity index (χ1n) is 21.4. The summed E-state index contributed by atoms with van der Waals surface area (Å²) in [4.78, 5) is 9.85. The molecule has 9 rings (SSSR count). The van der Waals surface area contributed by atoms with Crippen LogP contribution in [0.3, 0.4) is 0 Å². The second-order valence-corrected chi connectivity index (χ2v) is 19.0. The molecule has 2 aromatic heterocycles. The van der Waals surface area contributed by atoms with E-state index in [4.69, 9.17) is 9.72 Å². The Bertz CT molecular complexity index is 2840. The van der Waals surface area contributed by atoms with Crippen LogP contribution in [0.5, 0.6) is 11.5 Å². The number of pyridine rings is 1. The number of ether oxygens (including phenoxy) is 1. The maximum Gasteiger partial charge on any atom is 0.137 e. The molecule has 1 aliphatic heterocycles. The van der Waals surface area contributed by atoms with Crippen molar-refractivity contribution in [3.8, 4) is 28.4 Å². The van der Waals surface area contributed by atoms with Crippen molar-refractivity contribution in [2.24, 2.45) is 5.92 Å². The largest absolute Gasteiger partial charge is 0.457 e. The molecule has 0 saturated carbocycles. The highest BCUT2D eigenvalue weighted by Crippen LogP contribution is 2.44. The molecule has 1 aliphatic rings. The summed E-state index contributed by atoms with van der Waals surface area (Å²) < 4.78 is 9.08. The van der Waals surface area contributed by atoms with Crippen molar-refractivity contribution in [3.05, 3.63) is 174 Å². The third kappa shape index (κ3) is 7.65. The number of benzene rings is 6. The molecule has 0 aliphatic carbocycles. The first-order chi connectivity index (χ1) is 28.8. The zero-order chi connectivity index (χ0) is 41.8. The molecule has 0 fully saturated rings. The van der Waals surface area contributed by atoms with E-state index >= 15 is 0 Å². The molecular formula is C55H56N4O. The summed E-state index contributed by atoms with van der Waals surface area (Å²) in [6.07, 6.45) is 3.01. The normalized spacial score (nSPS) is 13.2. The van der Waals surface area contributed by atoms with Crippen molar-refractivity contribution in [2.75, 3.05) is 16.5 Å². The van der Waals surface area contributed by atoms with Gasteiger partial charge in [-0.15, -0.1) is 0 Å². The SMILES string of the molecule is CC(C)Cc1ccc(CN2CN(c3cccc(Oc4ccc5c6ccc(C(C)(C)C)cc6n(-c6cc(C(C)(C)C)ccn6)c5c4)c3)c3ccccc32)c(-c2ccccc2)c1. The number of anilines is 3. The molecule has 0 unspecified atom stereocenters. The standard InChI is InChI=1S/C55H56N4O/c1-37(2)29-38-21-22-40(48(30-38)39-15-10-9-11-16-39)35-57-36-58(50-20-13-12-19-49(50)57)43-17-14-18-44(33-43)60-45-24-26-47-46-25-23-41(54(3,4)5)31-51(46)59(52(47)34-45)53-32-42(27-28-56-53)55(6,7)8/h9-28,30-34,37H,29,35-36H2,1-8H3. The van der Waals surface area contributed by atoms with Gasteiger partial charge in [0.15, 0.2) is 0 Å². The fourth-order valence-corrected chi connectivity index (χ4v) is 8.72. The maximum absolute atomic E-state index is 6.77. The lowest BCUT2D eigenvalue weighted by Crippen LogP contribution is -2.27. The van der Waals surface area contributed by atoms with E-state index in [1.807, 2.05) is 6.20 Å². The molecule has 0 N–H and O–H groups in total. The molecule has 8 aromatic rings. The van der Waals surface area contributed by atoms with E-state index in [2.05, 4.69) is 215 Å². The first kappa shape index (κ1) is 39.1. The fraction of sp³-hybridized carbons (Fsp3) is 0.255. The van der Waals surface area contributed by atoms with Gasteiger partial charge in [-0.1, -0.05) is 134 Å². The molecule has 0 saturated heterocycles. The van der Waals surface area contributed by atoms with Crippen LogP contribution >= 0.6 is 0 Å². The van der Waals surface area contributed by atoms with Gasteiger partial charge in [0.2, 0.25) is 0 Å². The van der Waals surface area contributed by atoms with Crippen molar-refractivity contribution in [1.29, 1.82) is 0 Å². The molecule has 0 bridgehead atoms. The van der Waals surface area contributed by atoms with Crippen molar-refractivity contribution in [2.45, 2.75) is 79.2 Å². The quantitative estimate of drug-likeness (QED) is 0.146. The molecule has 3 heterocycles. The number of para-hydroxylation sites is 2. The van der Waals surface area contributed by atoms with Crippen LogP contribution in [0.1, 0.15) is 77.6 Å². The summed E-state index contributed by atoms with van der Waals surface area (Å²) in [6, 6.07) is 52.9. The molecule has 60 heavy (non-hydrogen) atoms. The minimum absolute atomic E-state index is 0.00617. The lowest BCUT2D eigenvalue weighted by Gasteiger charge is -2.24. The van der Waals surface area contributed by atoms with E-state index in [1.165, 1.54) is 55.5 Å². The highest BCUT2D eigenvalue weighted by molar-refractivity contribution is 6.09. The Morgan fingerprint density at radius 3 is 2.05 bits per heavy atom. The number of hydrogen-bond acceptors (Lipinski definition) is 4. The van der Waals surface area contributed by atoms with Crippen LogP contribution in [-0.4, -0.2) is 16.2 Å².